The lowest BCUT2D eigenvalue weighted by molar-refractivity contribution is -0.140. The number of hydrogen-bond donors (Lipinski definition) is 2. The van der Waals surface area contributed by atoms with E-state index in [1.807, 2.05) is 13.2 Å². The first-order chi connectivity index (χ1) is 7.16. The van der Waals surface area contributed by atoms with Gasteiger partial charge in [0.2, 0.25) is 0 Å². The Balaban J connectivity index is 2.07. The molecule has 5 nitrogen and oxygen atoms in total. The minimum absolute atomic E-state index is 0.133. The molecule has 0 spiro atoms. The number of hydrogen-bond acceptors (Lipinski definition) is 3. The Hall–Kier alpha value is -1.36. The highest BCUT2D eigenvalue weighted by molar-refractivity contribution is 5.73. The highest BCUT2D eigenvalue weighted by Gasteiger charge is 2.27. The summed E-state index contributed by atoms with van der Waals surface area (Å²) in [4.78, 5) is 10.9. The molecule has 15 heavy (non-hydrogen) atoms. The maximum atomic E-state index is 10.9. The molecule has 2 heterocycles. The van der Waals surface area contributed by atoms with Crippen LogP contribution < -0.4 is 5.32 Å². The number of carboxylic acids is 1. The van der Waals surface area contributed by atoms with Crippen LogP contribution in [-0.4, -0.2) is 26.9 Å². The van der Waals surface area contributed by atoms with Gasteiger partial charge in [0.15, 0.2) is 0 Å². The van der Waals surface area contributed by atoms with E-state index in [0.717, 1.165) is 18.4 Å². The molecule has 1 aromatic heterocycles. The smallest absolute Gasteiger partial charge is 0.320 e. The summed E-state index contributed by atoms with van der Waals surface area (Å²) >= 11 is 0. The van der Waals surface area contributed by atoms with Crippen LogP contribution in [0.3, 0.4) is 0 Å². The summed E-state index contributed by atoms with van der Waals surface area (Å²) in [7, 11) is 1.86. The molecule has 82 valence electrons. The van der Waals surface area contributed by atoms with E-state index in [0.29, 0.717) is 6.42 Å². The van der Waals surface area contributed by atoms with Gasteiger partial charge in [-0.05, 0) is 19.3 Å². The van der Waals surface area contributed by atoms with E-state index in [-0.39, 0.29) is 6.04 Å². The van der Waals surface area contributed by atoms with Crippen LogP contribution in [0.5, 0.6) is 0 Å². The zero-order valence-electron chi connectivity index (χ0n) is 8.68. The minimum atomic E-state index is -0.761. The van der Waals surface area contributed by atoms with E-state index < -0.39 is 12.0 Å². The molecule has 2 unspecified atom stereocenters. The van der Waals surface area contributed by atoms with Crippen LogP contribution in [0, 0.1) is 0 Å². The van der Waals surface area contributed by atoms with Gasteiger partial charge in [-0.15, -0.1) is 0 Å². The predicted molar refractivity (Wildman–Crippen MR) is 54.4 cm³/mol. The van der Waals surface area contributed by atoms with Gasteiger partial charge < -0.3 is 5.11 Å². The SMILES string of the molecule is Cn1cc(C2CCCC(C(=O)O)N2)cn1. The van der Waals surface area contributed by atoms with Crippen molar-refractivity contribution in [3.8, 4) is 0 Å². The second kappa shape index (κ2) is 4.02. The van der Waals surface area contributed by atoms with Crippen LogP contribution in [-0.2, 0) is 11.8 Å². The van der Waals surface area contributed by atoms with Crippen molar-refractivity contribution in [2.45, 2.75) is 31.3 Å². The Labute approximate surface area is 88.1 Å². The summed E-state index contributed by atoms with van der Waals surface area (Å²) in [5, 5.41) is 16.1. The van der Waals surface area contributed by atoms with Crippen LogP contribution in [0.1, 0.15) is 30.9 Å². The molecule has 1 aliphatic heterocycles. The predicted octanol–water partition coefficient (Wildman–Crippen LogP) is 0.688. The second-order valence-electron chi connectivity index (χ2n) is 3.99. The monoisotopic (exact) mass is 209 g/mol. The van der Waals surface area contributed by atoms with Gasteiger partial charge in [-0.3, -0.25) is 14.8 Å². The lowest BCUT2D eigenvalue weighted by atomic mass is 9.95. The standard InChI is InChI=1S/C10H15N3O2/c1-13-6-7(5-11-13)8-3-2-4-9(12-8)10(14)15/h5-6,8-9,12H,2-4H2,1H3,(H,14,15). The number of aromatic nitrogens is 2. The quantitative estimate of drug-likeness (QED) is 0.752. The van der Waals surface area contributed by atoms with E-state index >= 15 is 0 Å². The zero-order chi connectivity index (χ0) is 10.8. The molecule has 2 N–H and O–H groups in total. The summed E-state index contributed by atoms with van der Waals surface area (Å²) in [6, 6.07) is -0.280. The molecular formula is C10H15N3O2. The Morgan fingerprint density at radius 1 is 1.67 bits per heavy atom. The lowest BCUT2D eigenvalue weighted by Crippen LogP contribution is -2.42. The highest BCUT2D eigenvalue weighted by atomic mass is 16.4. The van der Waals surface area contributed by atoms with E-state index in [2.05, 4.69) is 10.4 Å². The number of nitrogens with one attached hydrogen (secondary N) is 1. The van der Waals surface area contributed by atoms with Crippen molar-refractivity contribution in [3.63, 3.8) is 0 Å². The maximum Gasteiger partial charge on any atom is 0.320 e. The van der Waals surface area contributed by atoms with Crippen molar-refractivity contribution in [1.29, 1.82) is 0 Å². The van der Waals surface area contributed by atoms with E-state index in [1.165, 1.54) is 0 Å². The third kappa shape index (κ3) is 2.18. The van der Waals surface area contributed by atoms with Crippen LogP contribution in [0.15, 0.2) is 12.4 Å². The number of aryl methyl sites for hydroxylation is 1. The fourth-order valence-electron chi connectivity index (χ4n) is 2.01. The summed E-state index contributed by atoms with van der Waals surface area (Å²) in [5.74, 6) is -0.761. The third-order valence-electron chi connectivity index (χ3n) is 2.81. The number of aliphatic carboxylic acids is 1. The molecule has 1 saturated heterocycles. The fraction of sp³-hybridized carbons (Fsp3) is 0.600. The number of nitrogens with zero attached hydrogens (tertiary/aromatic N) is 2. The minimum Gasteiger partial charge on any atom is -0.480 e. The van der Waals surface area contributed by atoms with Crippen LogP contribution in [0.4, 0.5) is 0 Å². The molecule has 5 heteroatoms. The molecule has 0 aromatic carbocycles. The first-order valence-electron chi connectivity index (χ1n) is 5.14. The van der Waals surface area contributed by atoms with Crippen molar-refractivity contribution in [1.82, 2.24) is 15.1 Å². The van der Waals surface area contributed by atoms with Crippen molar-refractivity contribution in [3.05, 3.63) is 18.0 Å². The van der Waals surface area contributed by atoms with Gasteiger partial charge in [-0.1, -0.05) is 0 Å². The topological polar surface area (TPSA) is 67.2 Å². The van der Waals surface area contributed by atoms with E-state index in [9.17, 15) is 4.79 Å². The molecule has 0 aliphatic carbocycles. The van der Waals surface area contributed by atoms with E-state index in [1.54, 1.807) is 10.9 Å². The maximum absolute atomic E-state index is 10.9. The lowest BCUT2D eigenvalue weighted by Gasteiger charge is -2.27. The first kappa shape index (κ1) is 10.2. The first-order valence-corrected chi connectivity index (χ1v) is 5.14. The fourth-order valence-corrected chi connectivity index (χ4v) is 2.01. The van der Waals surface area contributed by atoms with Gasteiger partial charge in [0.05, 0.1) is 6.20 Å². The van der Waals surface area contributed by atoms with Crippen LogP contribution in [0.2, 0.25) is 0 Å². The van der Waals surface area contributed by atoms with Gasteiger partial charge >= 0.3 is 5.97 Å². The Morgan fingerprint density at radius 3 is 3.07 bits per heavy atom. The third-order valence-corrected chi connectivity index (χ3v) is 2.81. The molecule has 1 fully saturated rings. The van der Waals surface area contributed by atoms with Gasteiger partial charge in [0.25, 0.3) is 0 Å². The molecule has 2 atom stereocenters. The van der Waals surface area contributed by atoms with Gasteiger partial charge in [0.1, 0.15) is 6.04 Å². The second-order valence-corrected chi connectivity index (χ2v) is 3.99. The largest absolute Gasteiger partial charge is 0.480 e. The Morgan fingerprint density at radius 2 is 2.47 bits per heavy atom. The van der Waals surface area contributed by atoms with Gasteiger partial charge in [-0.25, -0.2) is 0 Å². The molecule has 0 amide bonds. The molecule has 0 radical (unpaired) electrons. The summed E-state index contributed by atoms with van der Waals surface area (Å²) in [5.41, 5.74) is 1.07. The molecule has 0 saturated carbocycles. The van der Waals surface area contributed by atoms with Crippen molar-refractivity contribution < 1.29 is 9.90 Å². The molecule has 0 bridgehead atoms. The molecule has 2 rings (SSSR count). The average molecular weight is 209 g/mol. The number of piperidine rings is 1. The summed E-state index contributed by atoms with van der Waals surface area (Å²) in [6.07, 6.45) is 6.37. The van der Waals surface area contributed by atoms with Crippen molar-refractivity contribution >= 4 is 5.97 Å². The van der Waals surface area contributed by atoms with Crippen molar-refractivity contribution in [2.24, 2.45) is 7.05 Å². The average Bonchev–Trinajstić information content (AvgIpc) is 2.65. The molecule has 1 aliphatic rings. The summed E-state index contributed by atoms with van der Waals surface area (Å²) < 4.78 is 1.74. The Bertz CT molecular complexity index is 361. The zero-order valence-corrected chi connectivity index (χ0v) is 8.68. The summed E-state index contributed by atoms with van der Waals surface area (Å²) in [6.45, 7) is 0. The molecular weight excluding hydrogens is 194 g/mol. The van der Waals surface area contributed by atoms with Crippen LogP contribution >= 0.6 is 0 Å². The van der Waals surface area contributed by atoms with Gasteiger partial charge in [0, 0.05) is 24.8 Å². The normalized spacial score (nSPS) is 26.5. The van der Waals surface area contributed by atoms with Gasteiger partial charge in [-0.2, -0.15) is 5.10 Å². The van der Waals surface area contributed by atoms with Crippen molar-refractivity contribution in [2.75, 3.05) is 0 Å². The van der Waals surface area contributed by atoms with E-state index in [4.69, 9.17) is 5.11 Å². The van der Waals surface area contributed by atoms with Crippen LogP contribution in [0.25, 0.3) is 0 Å². The number of carboxylic acid groups (broad SMARTS) is 1. The highest BCUT2D eigenvalue weighted by Crippen LogP contribution is 2.24. The Kier molecular flexibility index (Phi) is 2.73. The number of carbonyl (C=O) groups is 1. The number of rotatable bonds is 2. The molecule has 1 aromatic rings.